The Labute approximate surface area is 122 Å². The monoisotopic (exact) mass is 291 g/mol. The zero-order valence-corrected chi connectivity index (χ0v) is 12.0. The van der Waals surface area contributed by atoms with Gasteiger partial charge in [-0.2, -0.15) is 0 Å². The molecule has 1 fully saturated rings. The van der Waals surface area contributed by atoms with Gasteiger partial charge >= 0.3 is 0 Å². The molecule has 5 nitrogen and oxygen atoms in total. The van der Waals surface area contributed by atoms with Gasteiger partial charge in [0.2, 0.25) is 11.8 Å². The molecule has 0 spiro atoms. The number of hydrogen-bond donors (Lipinski definition) is 1. The van der Waals surface area contributed by atoms with E-state index in [0.29, 0.717) is 5.75 Å². The van der Waals surface area contributed by atoms with Gasteiger partial charge in [0.25, 0.3) is 0 Å². The van der Waals surface area contributed by atoms with E-state index in [1.807, 2.05) is 6.07 Å². The highest BCUT2D eigenvalue weighted by Gasteiger charge is 2.28. The number of carbonyl (C=O) groups is 2. The van der Waals surface area contributed by atoms with E-state index >= 15 is 0 Å². The summed E-state index contributed by atoms with van der Waals surface area (Å²) in [7, 11) is 0. The highest BCUT2D eigenvalue weighted by atomic mass is 32.2. The number of nitrogens with one attached hydrogen (secondary N) is 1. The van der Waals surface area contributed by atoms with Gasteiger partial charge in [-0.25, -0.2) is 4.98 Å². The van der Waals surface area contributed by atoms with E-state index in [4.69, 9.17) is 0 Å². The standard InChI is InChI=1S/C14H17N3O2S/c18-12(16-10-4-1-2-5-10)8-17-11-6-3-7-15-14(11)20-9-13(17)19/h3,6-7,10H,1-2,4-5,8-9H2,(H,16,18). The average molecular weight is 291 g/mol. The van der Waals surface area contributed by atoms with Crippen LogP contribution >= 0.6 is 11.8 Å². The molecule has 20 heavy (non-hydrogen) atoms. The molecule has 3 rings (SSSR count). The molecule has 0 bridgehead atoms. The Morgan fingerprint density at radius 3 is 3.05 bits per heavy atom. The first-order chi connectivity index (χ1) is 9.74. The lowest BCUT2D eigenvalue weighted by Crippen LogP contribution is -2.45. The maximum atomic E-state index is 12.1. The summed E-state index contributed by atoms with van der Waals surface area (Å²) < 4.78 is 0. The molecular weight excluding hydrogens is 274 g/mol. The molecule has 0 unspecified atom stereocenters. The SMILES string of the molecule is O=C(CN1C(=O)CSc2ncccc21)NC1CCCC1. The van der Waals surface area contributed by atoms with Crippen LogP contribution in [0.1, 0.15) is 25.7 Å². The molecular formula is C14H17N3O2S. The minimum Gasteiger partial charge on any atom is -0.352 e. The lowest BCUT2D eigenvalue weighted by atomic mass is 10.2. The van der Waals surface area contributed by atoms with Crippen LogP contribution in [0, 0.1) is 0 Å². The molecule has 2 aliphatic rings. The normalized spacial score (nSPS) is 19.0. The van der Waals surface area contributed by atoms with Crippen LogP contribution in [-0.4, -0.2) is 35.1 Å². The maximum absolute atomic E-state index is 12.1. The van der Waals surface area contributed by atoms with E-state index in [0.717, 1.165) is 23.6 Å². The molecule has 1 aliphatic carbocycles. The van der Waals surface area contributed by atoms with Crippen molar-refractivity contribution in [1.82, 2.24) is 10.3 Å². The topological polar surface area (TPSA) is 62.3 Å². The fraction of sp³-hybridized carbons (Fsp3) is 0.500. The first-order valence-corrected chi connectivity index (χ1v) is 7.90. The van der Waals surface area contributed by atoms with Crippen LogP contribution in [0.3, 0.4) is 0 Å². The predicted octanol–water partition coefficient (Wildman–Crippen LogP) is 1.58. The minimum absolute atomic E-state index is 0.0305. The van der Waals surface area contributed by atoms with E-state index in [9.17, 15) is 9.59 Å². The molecule has 0 saturated heterocycles. The lowest BCUT2D eigenvalue weighted by molar-refractivity contribution is -0.123. The van der Waals surface area contributed by atoms with Crippen LogP contribution < -0.4 is 10.2 Å². The van der Waals surface area contributed by atoms with Crippen molar-refractivity contribution in [2.24, 2.45) is 0 Å². The van der Waals surface area contributed by atoms with Crippen molar-refractivity contribution in [1.29, 1.82) is 0 Å². The summed E-state index contributed by atoms with van der Waals surface area (Å²) in [5.74, 6) is 0.241. The van der Waals surface area contributed by atoms with Crippen molar-refractivity contribution in [3.8, 4) is 0 Å². The molecule has 106 valence electrons. The number of fused-ring (bicyclic) bond motifs is 1. The number of rotatable bonds is 3. The van der Waals surface area contributed by atoms with Gasteiger partial charge in [0.05, 0.1) is 11.4 Å². The van der Waals surface area contributed by atoms with Gasteiger partial charge in [-0.3, -0.25) is 14.5 Å². The number of aromatic nitrogens is 1. The summed E-state index contributed by atoms with van der Waals surface area (Å²) in [5, 5.41) is 3.84. The molecule has 0 atom stereocenters. The number of anilines is 1. The van der Waals surface area contributed by atoms with E-state index in [2.05, 4.69) is 10.3 Å². The Balaban J connectivity index is 1.69. The van der Waals surface area contributed by atoms with Gasteiger partial charge in [0.15, 0.2) is 0 Å². The molecule has 0 radical (unpaired) electrons. The van der Waals surface area contributed by atoms with Crippen LogP contribution in [0.5, 0.6) is 0 Å². The second kappa shape index (κ2) is 5.83. The number of nitrogens with zero attached hydrogens (tertiary/aromatic N) is 2. The van der Waals surface area contributed by atoms with Crippen LogP contribution in [-0.2, 0) is 9.59 Å². The second-order valence-electron chi connectivity index (χ2n) is 5.15. The first kappa shape index (κ1) is 13.4. The van der Waals surface area contributed by atoms with Crippen LogP contribution in [0.2, 0.25) is 0 Å². The summed E-state index contributed by atoms with van der Waals surface area (Å²) in [5.41, 5.74) is 0.746. The van der Waals surface area contributed by atoms with Gasteiger partial charge in [-0.05, 0) is 25.0 Å². The summed E-state index contributed by atoms with van der Waals surface area (Å²) in [4.78, 5) is 29.9. The third kappa shape index (κ3) is 2.80. The first-order valence-electron chi connectivity index (χ1n) is 6.91. The fourth-order valence-electron chi connectivity index (χ4n) is 2.70. The maximum Gasteiger partial charge on any atom is 0.240 e. The highest BCUT2D eigenvalue weighted by molar-refractivity contribution is 8.00. The molecule has 1 N–H and O–H groups in total. The van der Waals surface area contributed by atoms with E-state index < -0.39 is 0 Å². The van der Waals surface area contributed by atoms with Crippen LogP contribution in [0.25, 0.3) is 0 Å². The Kier molecular flexibility index (Phi) is 3.91. The van der Waals surface area contributed by atoms with Crippen molar-refractivity contribution in [2.75, 3.05) is 17.2 Å². The van der Waals surface area contributed by atoms with Crippen molar-refractivity contribution in [3.05, 3.63) is 18.3 Å². The minimum atomic E-state index is -0.0769. The molecule has 1 aromatic heterocycles. The van der Waals surface area contributed by atoms with Gasteiger partial charge in [0.1, 0.15) is 11.6 Å². The molecule has 2 heterocycles. The Morgan fingerprint density at radius 2 is 2.25 bits per heavy atom. The summed E-state index contributed by atoms with van der Waals surface area (Å²) >= 11 is 1.43. The van der Waals surface area contributed by atoms with Crippen LogP contribution in [0.4, 0.5) is 5.69 Å². The molecule has 1 aliphatic heterocycles. The quantitative estimate of drug-likeness (QED) is 0.918. The van der Waals surface area contributed by atoms with Gasteiger partial charge in [0, 0.05) is 12.2 Å². The van der Waals surface area contributed by atoms with Crippen LogP contribution in [0.15, 0.2) is 23.4 Å². The second-order valence-corrected chi connectivity index (χ2v) is 6.11. The molecule has 1 saturated carbocycles. The average Bonchev–Trinajstić information content (AvgIpc) is 2.95. The Morgan fingerprint density at radius 1 is 1.45 bits per heavy atom. The third-order valence-corrected chi connectivity index (χ3v) is 4.68. The lowest BCUT2D eigenvalue weighted by Gasteiger charge is -2.28. The van der Waals surface area contributed by atoms with E-state index in [1.54, 1.807) is 17.2 Å². The van der Waals surface area contributed by atoms with Gasteiger partial charge in [-0.1, -0.05) is 24.6 Å². The van der Waals surface area contributed by atoms with E-state index in [1.165, 1.54) is 24.6 Å². The van der Waals surface area contributed by atoms with E-state index in [-0.39, 0.29) is 24.4 Å². The largest absolute Gasteiger partial charge is 0.352 e. The number of pyridine rings is 1. The zero-order chi connectivity index (χ0) is 13.9. The fourth-order valence-corrected chi connectivity index (χ4v) is 3.58. The zero-order valence-electron chi connectivity index (χ0n) is 11.2. The summed E-state index contributed by atoms with van der Waals surface area (Å²) in [6, 6.07) is 3.92. The van der Waals surface area contributed by atoms with Crippen molar-refractivity contribution in [2.45, 2.75) is 36.8 Å². The smallest absolute Gasteiger partial charge is 0.240 e. The number of carbonyl (C=O) groups excluding carboxylic acids is 2. The molecule has 1 aromatic rings. The Hall–Kier alpha value is -1.56. The van der Waals surface area contributed by atoms with Gasteiger partial charge < -0.3 is 5.32 Å². The van der Waals surface area contributed by atoms with Crippen molar-refractivity contribution >= 4 is 29.3 Å². The summed E-state index contributed by atoms with van der Waals surface area (Å²) in [6.07, 6.45) is 6.16. The number of thioether (sulfide) groups is 1. The molecule has 2 amide bonds. The van der Waals surface area contributed by atoms with Gasteiger partial charge in [-0.15, -0.1) is 0 Å². The summed E-state index contributed by atoms with van der Waals surface area (Å²) in [6.45, 7) is 0.0919. The highest BCUT2D eigenvalue weighted by Crippen LogP contribution is 2.32. The third-order valence-electron chi connectivity index (χ3n) is 3.70. The number of hydrogen-bond acceptors (Lipinski definition) is 4. The molecule has 6 heteroatoms. The predicted molar refractivity (Wildman–Crippen MR) is 77.7 cm³/mol. The molecule has 0 aromatic carbocycles. The van der Waals surface area contributed by atoms with Crippen molar-refractivity contribution < 1.29 is 9.59 Å². The Bertz CT molecular complexity index is 529. The van der Waals surface area contributed by atoms with Crippen molar-refractivity contribution in [3.63, 3.8) is 0 Å². The number of amides is 2.